The van der Waals surface area contributed by atoms with Crippen LogP contribution < -0.4 is 0 Å². The number of nitrogens with zero attached hydrogens (tertiary/aromatic N) is 1. The van der Waals surface area contributed by atoms with E-state index in [4.69, 9.17) is 4.74 Å². The molecule has 5 heteroatoms. The topological polar surface area (TPSA) is 29.5 Å². The van der Waals surface area contributed by atoms with Crippen LogP contribution in [0.2, 0.25) is 0 Å². The van der Waals surface area contributed by atoms with Crippen LogP contribution in [0.4, 0.5) is 13.6 Å². The standard InChI is InChI=1S/C13H17F2NO2/c1-3-7-18-13(17)16(4-2)9-10-5-6-11(14)12(15)8-10/h5-6,8H,3-4,7,9H2,1-2H3. The number of hydrogen-bond donors (Lipinski definition) is 0. The van der Waals surface area contributed by atoms with E-state index in [1.807, 2.05) is 6.92 Å². The average Bonchev–Trinajstić information content (AvgIpc) is 2.37. The molecule has 0 aliphatic heterocycles. The summed E-state index contributed by atoms with van der Waals surface area (Å²) in [6, 6.07) is 3.59. The number of ether oxygens (including phenoxy) is 1. The van der Waals surface area contributed by atoms with Crippen molar-refractivity contribution in [2.75, 3.05) is 13.2 Å². The first-order valence-corrected chi connectivity index (χ1v) is 5.94. The van der Waals surface area contributed by atoms with E-state index >= 15 is 0 Å². The maximum Gasteiger partial charge on any atom is 0.410 e. The van der Waals surface area contributed by atoms with Crippen molar-refractivity contribution in [2.45, 2.75) is 26.8 Å². The van der Waals surface area contributed by atoms with E-state index in [-0.39, 0.29) is 6.54 Å². The first kappa shape index (κ1) is 14.4. The first-order valence-electron chi connectivity index (χ1n) is 5.94. The Balaban J connectivity index is 2.67. The summed E-state index contributed by atoms with van der Waals surface area (Å²) < 4.78 is 30.8. The molecule has 1 amide bonds. The molecule has 0 heterocycles. The quantitative estimate of drug-likeness (QED) is 0.809. The molecule has 0 bridgehead atoms. The van der Waals surface area contributed by atoms with Gasteiger partial charge in [0.2, 0.25) is 0 Å². The summed E-state index contributed by atoms with van der Waals surface area (Å²) in [5.74, 6) is -1.80. The van der Waals surface area contributed by atoms with Gasteiger partial charge in [-0.15, -0.1) is 0 Å². The molecule has 0 fully saturated rings. The molecule has 1 aromatic rings. The predicted octanol–water partition coefficient (Wildman–Crippen LogP) is 3.33. The smallest absolute Gasteiger partial charge is 0.410 e. The van der Waals surface area contributed by atoms with Crippen molar-refractivity contribution in [3.05, 3.63) is 35.4 Å². The van der Waals surface area contributed by atoms with Crippen molar-refractivity contribution in [1.82, 2.24) is 4.90 Å². The summed E-state index contributed by atoms with van der Waals surface area (Å²) in [5.41, 5.74) is 0.532. The van der Waals surface area contributed by atoms with Crippen molar-refractivity contribution >= 4 is 6.09 Å². The fraction of sp³-hybridized carbons (Fsp3) is 0.462. The third-order valence-corrected chi connectivity index (χ3v) is 2.43. The molecule has 0 saturated heterocycles. The maximum atomic E-state index is 13.0. The van der Waals surface area contributed by atoms with Crippen LogP contribution in [0.15, 0.2) is 18.2 Å². The highest BCUT2D eigenvalue weighted by Gasteiger charge is 2.14. The maximum absolute atomic E-state index is 13.0. The lowest BCUT2D eigenvalue weighted by Crippen LogP contribution is -2.31. The Hall–Kier alpha value is -1.65. The molecule has 0 aliphatic carbocycles. The van der Waals surface area contributed by atoms with Crippen molar-refractivity contribution in [3.63, 3.8) is 0 Å². The molecular formula is C13H17F2NO2. The summed E-state index contributed by atoms with van der Waals surface area (Å²) in [6.45, 7) is 4.71. The molecule has 0 aromatic heterocycles. The van der Waals surface area contributed by atoms with Gasteiger partial charge < -0.3 is 9.64 Å². The molecule has 1 aromatic carbocycles. The lowest BCUT2D eigenvalue weighted by Gasteiger charge is -2.20. The number of benzene rings is 1. The van der Waals surface area contributed by atoms with Gasteiger partial charge in [0.05, 0.1) is 6.61 Å². The van der Waals surface area contributed by atoms with Crippen LogP contribution in [-0.4, -0.2) is 24.1 Å². The van der Waals surface area contributed by atoms with Gasteiger partial charge in [0.1, 0.15) is 0 Å². The molecule has 0 radical (unpaired) electrons. The van der Waals surface area contributed by atoms with Crippen LogP contribution in [0, 0.1) is 11.6 Å². The third kappa shape index (κ3) is 3.98. The molecule has 0 atom stereocenters. The van der Waals surface area contributed by atoms with Gasteiger partial charge >= 0.3 is 6.09 Å². The lowest BCUT2D eigenvalue weighted by atomic mass is 10.2. The largest absolute Gasteiger partial charge is 0.449 e. The fourth-order valence-corrected chi connectivity index (χ4v) is 1.44. The van der Waals surface area contributed by atoms with Crippen LogP contribution in [0.3, 0.4) is 0 Å². The highest BCUT2D eigenvalue weighted by molar-refractivity contribution is 5.67. The lowest BCUT2D eigenvalue weighted by molar-refractivity contribution is 0.102. The van der Waals surface area contributed by atoms with E-state index in [0.717, 1.165) is 18.6 Å². The van der Waals surface area contributed by atoms with Crippen molar-refractivity contribution in [1.29, 1.82) is 0 Å². The zero-order chi connectivity index (χ0) is 13.5. The van der Waals surface area contributed by atoms with Gasteiger partial charge in [-0.05, 0) is 31.0 Å². The van der Waals surface area contributed by atoms with Gasteiger partial charge in [-0.2, -0.15) is 0 Å². The summed E-state index contributed by atoms with van der Waals surface area (Å²) in [5, 5.41) is 0. The van der Waals surface area contributed by atoms with E-state index in [1.54, 1.807) is 6.92 Å². The Kier molecular flexibility index (Phi) is 5.55. The van der Waals surface area contributed by atoms with E-state index in [1.165, 1.54) is 11.0 Å². The summed E-state index contributed by atoms with van der Waals surface area (Å²) >= 11 is 0. The van der Waals surface area contributed by atoms with Crippen LogP contribution in [0.1, 0.15) is 25.8 Å². The molecule has 0 unspecified atom stereocenters. The highest BCUT2D eigenvalue weighted by atomic mass is 19.2. The minimum Gasteiger partial charge on any atom is -0.449 e. The van der Waals surface area contributed by atoms with E-state index in [9.17, 15) is 13.6 Å². The normalized spacial score (nSPS) is 10.2. The van der Waals surface area contributed by atoms with Crippen molar-refractivity contribution < 1.29 is 18.3 Å². The van der Waals surface area contributed by atoms with Gasteiger partial charge in [-0.1, -0.05) is 13.0 Å². The molecule has 0 aliphatic rings. The Morgan fingerprint density at radius 1 is 1.28 bits per heavy atom. The number of amides is 1. The number of carbonyl (C=O) groups is 1. The summed E-state index contributed by atoms with van der Waals surface area (Å²) in [4.78, 5) is 13.1. The Labute approximate surface area is 105 Å². The minimum atomic E-state index is -0.912. The summed E-state index contributed by atoms with van der Waals surface area (Å²) in [6.07, 6.45) is 0.304. The molecule has 1 rings (SSSR count). The van der Waals surface area contributed by atoms with E-state index in [0.29, 0.717) is 18.7 Å². The highest BCUT2D eigenvalue weighted by Crippen LogP contribution is 2.11. The fourth-order valence-electron chi connectivity index (χ4n) is 1.44. The molecule has 18 heavy (non-hydrogen) atoms. The summed E-state index contributed by atoms with van der Waals surface area (Å²) in [7, 11) is 0. The zero-order valence-electron chi connectivity index (χ0n) is 10.6. The molecule has 0 N–H and O–H groups in total. The van der Waals surface area contributed by atoms with E-state index in [2.05, 4.69) is 0 Å². The second kappa shape index (κ2) is 6.93. The zero-order valence-corrected chi connectivity index (χ0v) is 10.6. The Morgan fingerprint density at radius 3 is 2.56 bits per heavy atom. The average molecular weight is 257 g/mol. The monoisotopic (exact) mass is 257 g/mol. The van der Waals surface area contributed by atoms with Gasteiger partial charge in [0, 0.05) is 13.1 Å². The second-order valence-corrected chi connectivity index (χ2v) is 3.88. The number of halogens is 2. The predicted molar refractivity (Wildman–Crippen MR) is 64.1 cm³/mol. The number of rotatable bonds is 5. The Morgan fingerprint density at radius 2 is 2.00 bits per heavy atom. The molecule has 3 nitrogen and oxygen atoms in total. The van der Waals surface area contributed by atoms with Gasteiger partial charge in [-0.3, -0.25) is 0 Å². The van der Waals surface area contributed by atoms with Crippen LogP contribution in [-0.2, 0) is 11.3 Å². The molecule has 0 spiro atoms. The number of carbonyl (C=O) groups excluding carboxylic acids is 1. The number of hydrogen-bond acceptors (Lipinski definition) is 2. The van der Waals surface area contributed by atoms with Crippen LogP contribution >= 0.6 is 0 Å². The van der Waals surface area contributed by atoms with Gasteiger partial charge in [0.25, 0.3) is 0 Å². The van der Waals surface area contributed by atoms with Crippen molar-refractivity contribution in [3.8, 4) is 0 Å². The third-order valence-electron chi connectivity index (χ3n) is 2.43. The van der Waals surface area contributed by atoms with Gasteiger partial charge in [-0.25, -0.2) is 13.6 Å². The first-order chi connectivity index (χ1) is 8.58. The Bertz CT molecular complexity index is 410. The van der Waals surface area contributed by atoms with Crippen LogP contribution in [0.5, 0.6) is 0 Å². The molecular weight excluding hydrogens is 240 g/mol. The second-order valence-electron chi connectivity index (χ2n) is 3.88. The van der Waals surface area contributed by atoms with Gasteiger partial charge in [0.15, 0.2) is 11.6 Å². The van der Waals surface area contributed by atoms with Crippen LogP contribution in [0.25, 0.3) is 0 Å². The molecule has 0 saturated carbocycles. The SMILES string of the molecule is CCCOC(=O)N(CC)Cc1ccc(F)c(F)c1. The van der Waals surface area contributed by atoms with Crippen molar-refractivity contribution in [2.24, 2.45) is 0 Å². The molecule has 100 valence electrons. The van der Waals surface area contributed by atoms with E-state index < -0.39 is 17.7 Å². The minimum absolute atomic E-state index is 0.205.